The van der Waals surface area contributed by atoms with E-state index < -0.39 is 23.5 Å². The lowest BCUT2D eigenvalue weighted by molar-refractivity contribution is -0.130. The zero-order chi connectivity index (χ0) is 24.5. The Morgan fingerprint density at radius 3 is 2.54 bits per heavy atom. The monoisotopic (exact) mass is 502 g/mol. The molecule has 1 atom stereocenters. The molecule has 8 heteroatoms. The van der Waals surface area contributed by atoms with Crippen LogP contribution in [0.15, 0.2) is 83.4 Å². The molecule has 0 saturated carbocycles. The fourth-order valence-corrected chi connectivity index (χ4v) is 6.00. The minimum atomic E-state index is -0.796. The van der Waals surface area contributed by atoms with Gasteiger partial charge in [-0.15, -0.1) is 22.7 Å². The van der Waals surface area contributed by atoms with Crippen molar-refractivity contribution in [2.45, 2.75) is 19.5 Å². The summed E-state index contributed by atoms with van der Waals surface area (Å²) in [7, 11) is 1.55. The maximum atomic E-state index is 13.9. The number of aliphatic hydroxyl groups excluding tert-OH is 1. The lowest BCUT2D eigenvalue weighted by atomic mass is 9.94. The van der Waals surface area contributed by atoms with E-state index in [0.29, 0.717) is 26.9 Å². The average Bonchev–Trinajstić information content (AvgIpc) is 3.60. The van der Waals surface area contributed by atoms with Crippen LogP contribution in [0.25, 0.3) is 10.6 Å². The van der Waals surface area contributed by atoms with Crippen molar-refractivity contribution in [1.29, 1.82) is 0 Å². The van der Waals surface area contributed by atoms with Gasteiger partial charge in [0, 0.05) is 16.0 Å². The Kier molecular flexibility index (Phi) is 6.23. The highest BCUT2D eigenvalue weighted by molar-refractivity contribution is 7.17. The van der Waals surface area contributed by atoms with Crippen LogP contribution in [-0.4, -0.2) is 33.8 Å². The number of aromatic nitrogens is 1. The summed E-state index contributed by atoms with van der Waals surface area (Å²) in [5, 5.41) is 13.7. The van der Waals surface area contributed by atoms with Gasteiger partial charge in [0.2, 0.25) is 5.78 Å². The molecule has 2 aromatic heterocycles. The molecule has 0 spiro atoms. The number of aliphatic hydroxyl groups is 1. The molecule has 0 radical (unpaired) electrons. The smallest absolute Gasteiger partial charge is 0.290 e. The molecule has 176 valence electrons. The number of amides is 1. The first kappa shape index (κ1) is 23.0. The van der Waals surface area contributed by atoms with Crippen LogP contribution in [0.3, 0.4) is 0 Å². The Morgan fingerprint density at radius 2 is 1.83 bits per heavy atom. The molecule has 1 amide bonds. The van der Waals surface area contributed by atoms with Gasteiger partial charge in [-0.05, 0) is 24.4 Å². The molecule has 0 saturated heterocycles. The fourth-order valence-electron chi connectivity index (χ4n) is 4.27. The number of ketones is 1. The predicted octanol–water partition coefficient (Wildman–Crippen LogP) is 5.97. The largest absolute Gasteiger partial charge is 0.503 e. The van der Waals surface area contributed by atoms with E-state index in [4.69, 9.17) is 4.74 Å². The number of benzene rings is 2. The molecule has 1 unspecified atom stereocenters. The minimum absolute atomic E-state index is 0.0439. The highest BCUT2D eigenvalue weighted by Gasteiger charge is 2.45. The number of hydrogen-bond donors (Lipinski definition) is 1. The van der Waals surface area contributed by atoms with Crippen molar-refractivity contribution in [1.82, 2.24) is 9.88 Å². The Bertz CT molecular complexity index is 1420. The number of nitrogens with zero attached hydrogens (tertiary/aromatic N) is 2. The van der Waals surface area contributed by atoms with E-state index in [2.05, 4.69) is 4.98 Å². The molecular weight excluding hydrogens is 480 g/mol. The number of para-hydroxylation sites is 1. The zero-order valence-electron chi connectivity index (χ0n) is 19.1. The molecule has 0 fully saturated rings. The molecule has 1 aliphatic heterocycles. The van der Waals surface area contributed by atoms with Crippen molar-refractivity contribution < 1.29 is 19.4 Å². The predicted molar refractivity (Wildman–Crippen MR) is 137 cm³/mol. The fraction of sp³-hybridized carbons (Fsp3) is 0.148. The van der Waals surface area contributed by atoms with Crippen LogP contribution in [0.2, 0.25) is 0 Å². The van der Waals surface area contributed by atoms with Crippen LogP contribution >= 0.6 is 22.7 Å². The SMILES string of the molecule is COc1ccccc1C1C(C(=O)c2sc(-c3ccccc3)nc2C)=C(O)C(=O)N1Cc1cccs1. The highest BCUT2D eigenvalue weighted by Crippen LogP contribution is 2.44. The van der Waals surface area contributed by atoms with Gasteiger partial charge < -0.3 is 14.7 Å². The number of thiazole rings is 1. The third kappa shape index (κ3) is 4.15. The van der Waals surface area contributed by atoms with Crippen LogP contribution in [-0.2, 0) is 11.3 Å². The van der Waals surface area contributed by atoms with Gasteiger partial charge in [0.1, 0.15) is 10.8 Å². The number of thiophene rings is 1. The first-order valence-electron chi connectivity index (χ1n) is 11.0. The highest BCUT2D eigenvalue weighted by atomic mass is 32.1. The van der Waals surface area contributed by atoms with E-state index >= 15 is 0 Å². The molecule has 2 aromatic carbocycles. The second-order valence-corrected chi connectivity index (χ2v) is 10.1. The van der Waals surface area contributed by atoms with Gasteiger partial charge in [-0.2, -0.15) is 0 Å². The third-order valence-corrected chi connectivity index (χ3v) is 7.98. The second-order valence-electron chi connectivity index (χ2n) is 8.05. The van der Waals surface area contributed by atoms with Gasteiger partial charge in [-0.25, -0.2) is 4.98 Å². The number of ether oxygens (including phenoxy) is 1. The molecular formula is C27H22N2O4S2. The molecule has 0 aliphatic carbocycles. The van der Waals surface area contributed by atoms with E-state index in [1.807, 2.05) is 66.0 Å². The molecule has 3 heterocycles. The van der Waals surface area contributed by atoms with Gasteiger partial charge in [-0.1, -0.05) is 54.6 Å². The zero-order valence-corrected chi connectivity index (χ0v) is 20.7. The van der Waals surface area contributed by atoms with Crippen molar-refractivity contribution in [2.24, 2.45) is 0 Å². The summed E-state index contributed by atoms with van der Waals surface area (Å²) in [5.74, 6) is -0.982. The molecule has 6 nitrogen and oxygen atoms in total. The summed E-state index contributed by atoms with van der Waals surface area (Å²) < 4.78 is 5.57. The number of hydrogen-bond acceptors (Lipinski definition) is 7. The number of carbonyl (C=O) groups excluding carboxylic acids is 2. The number of methoxy groups -OCH3 is 1. The molecule has 35 heavy (non-hydrogen) atoms. The van der Waals surface area contributed by atoms with Crippen LogP contribution in [0.4, 0.5) is 0 Å². The van der Waals surface area contributed by atoms with Crippen molar-refractivity contribution in [2.75, 3.05) is 7.11 Å². The Morgan fingerprint density at radius 1 is 1.09 bits per heavy atom. The number of aryl methyl sites for hydroxylation is 1. The van der Waals surface area contributed by atoms with E-state index in [0.717, 1.165) is 10.4 Å². The summed E-state index contributed by atoms with van der Waals surface area (Å²) in [4.78, 5) is 34.7. The maximum absolute atomic E-state index is 13.9. The van der Waals surface area contributed by atoms with Gasteiger partial charge in [0.25, 0.3) is 5.91 Å². The van der Waals surface area contributed by atoms with Crippen LogP contribution < -0.4 is 4.74 Å². The van der Waals surface area contributed by atoms with E-state index in [1.54, 1.807) is 20.1 Å². The van der Waals surface area contributed by atoms with E-state index in [-0.39, 0.29) is 12.1 Å². The first-order valence-corrected chi connectivity index (χ1v) is 12.7. The summed E-state index contributed by atoms with van der Waals surface area (Å²) >= 11 is 2.77. The van der Waals surface area contributed by atoms with Crippen molar-refractivity contribution in [3.05, 3.63) is 104 Å². The number of rotatable bonds is 7. The second kappa shape index (κ2) is 9.48. The van der Waals surface area contributed by atoms with E-state index in [9.17, 15) is 14.7 Å². The standard InChI is InChI=1S/C27H22N2O4S2/c1-16-25(35-26(28-16)17-9-4-3-5-10-17)23(30)21-22(19-12-6-7-13-20(19)33-2)29(27(32)24(21)31)15-18-11-8-14-34-18/h3-14,22,31H,15H2,1-2H3. The van der Waals surface area contributed by atoms with Gasteiger partial charge in [0.15, 0.2) is 5.76 Å². The average molecular weight is 503 g/mol. The van der Waals surface area contributed by atoms with Crippen LogP contribution in [0.5, 0.6) is 5.75 Å². The molecule has 4 aromatic rings. The van der Waals surface area contributed by atoms with Crippen molar-refractivity contribution in [3.8, 4) is 16.3 Å². The summed E-state index contributed by atoms with van der Waals surface area (Å²) in [6.07, 6.45) is 0. The molecule has 1 aliphatic rings. The van der Waals surface area contributed by atoms with E-state index in [1.165, 1.54) is 27.6 Å². The quantitative estimate of drug-likeness (QED) is 0.315. The maximum Gasteiger partial charge on any atom is 0.290 e. The lowest BCUT2D eigenvalue weighted by Crippen LogP contribution is -2.30. The Labute approximate surface area is 210 Å². The first-order chi connectivity index (χ1) is 17.0. The van der Waals surface area contributed by atoms with Crippen LogP contribution in [0, 0.1) is 6.92 Å². The third-order valence-electron chi connectivity index (χ3n) is 5.91. The normalized spacial score (nSPS) is 15.7. The van der Waals surface area contributed by atoms with Gasteiger partial charge in [0.05, 0.1) is 35.8 Å². The molecule has 0 bridgehead atoms. The lowest BCUT2D eigenvalue weighted by Gasteiger charge is -2.27. The Hall–Kier alpha value is -3.75. The topological polar surface area (TPSA) is 79.7 Å². The molecule has 5 rings (SSSR count). The van der Waals surface area contributed by atoms with Gasteiger partial charge >= 0.3 is 0 Å². The van der Waals surface area contributed by atoms with Crippen molar-refractivity contribution >= 4 is 34.4 Å². The Balaban J connectivity index is 1.61. The summed E-state index contributed by atoms with van der Waals surface area (Å²) in [6.45, 7) is 2.03. The van der Waals surface area contributed by atoms with Gasteiger partial charge in [-0.3, -0.25) is 9.59 Å². The number of carbonyl (C=O) groups is 2. The summed E-state index contributed by atoms with van der Waals surface area (Å²) in [6, 6.07) is 19.9. The number of Topliss-reactive ketones (excluding diaryl/α,β-unsaturated/α-hetero) is 1. The van der Waals surface area contributed by atoms with Crippen LogP contribution in [0.1, 0.15) is 31.8 Å². The minimum Gasteiger partial charge on any atom is -0.503 e. The summed E-state index contributed by atoms with van der Waals surface area (Å²) in [5.41, 5.74) is 2.14. The molecule has 1 N–H and O–H groups in total. The van der Waals surface area contributed by atoms with Crippen molar-refractivity contribution in [3.63, 3.8) is 0 Å².